The molecule has 0 aromatic heterocycles. The lowest BCUT2D eigenvalue weighted by Gasteiger charge is -2.26. The van der Waals surface area contributed by atoms with Gasteiger partial charge in [0.05, 0.1) is 26.4 Å². The molecule has 0 radical (unpaired) electrons. The van der Waals surface area contributed by atoms with Gasteiger partial charge in [0.15, 0.2) is 0 Å². The van der Waals surface area contributed by atoms with Gasteiger partial charge in [-0.3, -0.25) is 9.63 Å². The number of hydroxylamine groups is 2. The van der Waals surface area contributed by atoms with Crippen molar-refractivity contribution in [2.75, 3.05) is 34.2 Å². The average molecular weight is 454 g/mol. The van der Waals surface area contributed by atoms with Crippen molar-refractivity contribution in [1.82, 2.24) is 5.06 Å². The molecule has 8 nitrogen and oxygen atoms in total. The van der Waals surface area contributed by atoms with E-state index in [0.717, 1.165) is 32.1 Å². The van der Waals surface area contributed by atoms with Crippen LogP contribution in [0.5, 0.6) is 0 Å². The van der Waals surface area contributed by atoms with Crippen LogP contribution in [0.15, 0.2) is 30.3 Å². The number of unbranched alkanes of at least 4 members (excludes halogenated alkanes) is 2. The van der Waals surface area contributed by atoms with Gasteiger partial charge in [0, 0.05) is 26.1 Å². The van der Waals surface area contributed by atoms with E-state index in [9.17, 15) is 9.90 Å². The molecule has 1 N–H and O–H groups in total. The molecular formula is C24H39NO7. The molecule has 32 heavy (non-hydrogen) atoms. The molecule has 1 saturated heterocycles. The lowest BCUT2D eigenvalue weighted by molar-refractivity contribution is -0.226. The zero-order valence-electron chi connectivity index (χ0n) is 19.6. The monoisotopic (exact) mass is 453 g/mol. The van der Waals surface area contributed by atoms with Crippen LogP contribution in [0, 0.1) is 0 Å². The van der Waals surface area contributed by atoms with Crippen LogP contribution in [0.25, 0.3) is 0 Å². The third-order valence-corrected chi connectivity index (χ3v) is 5.63. The summed E-state index contributed by atoms with van der Waals surface area (Å²) >= 11 is 0. The number of esters is 1. The van der Waals surface area contributed by atoms with Crippen LogP contribution >= 0.6 is 0 Å². The van der Waals surface area contributed by atoms with Crippen LogP contribution in [-0.2, 0) is 35.1 Å². The standard InChI is InChI=1S/C24H39NO7/c1-19(26)24(31-18-30-15-14-28-2)22-16-21(12-8-5-9-13-23(27)29-3)25(32-22)17-20-10-6-4-7-11-20/h4,6-7,10-11,19,21-22,24,26H,5,8-9,12-18H2,1-3H3/t19-,21+,22-,24-/m1/s1. The highest BCUT2D eigenvalue weighted by atomic mass is 16.7. The summed E-state index contributed by atoms with van der Waals surface area (Å²) in [7, 11) is 3.04. The third-order valence-electron chi connectivity index (χ3n) is 5.63. The fraction of sp³-hybridized carbons (Fsp3) is 0.708. The molecule has 1 aliphatic heterocycles. The van der Waals surface area contributed by atoms with Crippen LogP contribution in [0.1, 0.15) is 51.0 Å². The lowest BCUT2D eigenvalue weighted by atomic mass is 9.98. The molecule has 1 aromatic carbocycles. The molecule has 0 spiro atoms. The van der Waals surface area contributed by atoms with Crippen molar-refractivity contribution in [3.8, 4) is 0 Å². The van der Waals surface area contributed by atoms with E-state index < -0.39 is 12.2 Å². The fourth-order valence-corrected chi connectivity index (χ4v) is 3.89. The Bertz CT molecular complexity index is 628. The highest BCUT2D eigenvalue weighted by Crippen LogP contribution is 2.31. The maximum Gasteiger partial charge on any atom is 0.305 e. The number of benzene rings is 1. The smallest absolute Gasteiger partial charge is 0.305 e. The molecule has 2 rings (SSSR count). The number of rotatable bonds is 16. The molecular weight excluding hydrogens is 414 g/mol. The van der Waals surface area contributed by atoms with E-state index in [2.05, 4.69) is 12.1 Å². The quantitative estimate of drug-likeness (QED) is 0.232. The summed E-state index contributed by atoms with van der Waals surface area (Å²) in [6, 6.07) is 10.4. The van der Waals surface area contributed by atoms with Gasteiger partial charge in [0.2, 0.25) is 0 Å². The number of hydrogen-bond acceptors (Lipinski definition) is 8. The number of aliphatic hydroxyl groups excluding tert-OH is 1. The summed E-state index contributed by atoms with van der Waals surface area (Å²) in [6.45, 7) is 3.38. The molecule has 0 aliphatic carbocycles. The van der Waals surface area contributed by atoms with Gasteiger partial charge in [-0.1, -0.05) is 43.2 Å². The molecule has 0 bridgehead atoms. The SMILES string of the molecule is COCCOCO[C@H]([C@@H](C)O)[C@H]1C[C@H](CCCCCC(=O)OC)N(Cc2ccccc2)O1. The van der Waals surface area contributed by atoms with Crippen molar-refractivity contribution >= 4 is 5.97 Å². The number of carbonyl (C=O) groups is 1. The molecule has 1 aliphatic rings. The highest BCUT2D eigenvalue weighted by molar-refractivity contribution is 5.68. The number of carbonyl (C=O) groups excluding carboxylic acids is 1. The van der Waals surface area contributed by atoms with Crippen molar-refractivity contribution in [1.29, 1.82) is 0 Å². The Balaban J connectivity index is 1.92. The van der Waals surface area contributed by atoms with Gasteiger partial charge in [-0.25, -0.2) is 0 Å². The largest absolute Gasteiger partial charge is 0.469 e. The first kappa shape index (κ1) is 26.7. The minimum absolute atomic E-state index is 0.0790. The Kier molecular flexibility index (Phi) is 12.8. The molecule has 1 aromatic rings. The van der Waals surface area contributed by atoms with Gasteiger partial charge in [-0.2, -0.15) is 5.06 Å². The minimum atomic E-state index is -0.691. The zero-order chi connectivity index (χ0) is 23.2. The van der Waals surface area contributed by atoms with Gasteiger partial charge in [0.25, 0.3) is 0 Å². The Labute approximate surface area is 191 Å². The molecule has 0 saturated carbocycles. The summed E-state index contributed by atoms with van der Waals surface area (Å²) < 4.78 is 20.9. The summed E-state index contributed by atoms with van der Waals surface area (Å²) in [4.78, 5) is 17.6. The van der Waals surface area contributed by atoms with Crippen molar-refractivity contribution in [3.63, 3.8) is 0 Å². The number of ether oxygens (including phenoxy) is 4. The van der Waals surface area contributed by atoms with Crippen LogP contribution in [0.2, 0.25) is 0 Å². The first-order chi connectivity index (χ1) is 15.5. The van der Waals surface area contributed by atoms with E-state index in [0.29, 0.717) is 26.2 Å². The van der Waals surface area contributed by atoms with Crippen molar-refractivity contribution < 1.29 is 33.7 Å². The molecule has 1 heterocycles. The lowest BCUT2D eigenvalue weighted by Crippen LogP contribution is -2.39. The van der Waals surface area contributed by atoms with Gasteiger partial charge in [-0.15, -0.1) is 0 Å². The number of nitrogens with zero attached hydrogens (tertiary/aromatic N) is 1. The average Bonchev–Trinajstić information content (AvgIpc) is 3.18. The molecule has 0 unspecified atom stereocenters. The van der Waals surface area contributed by atoms with Crippen molar-refractivity contribution in [2.24, 2.45) is 0 Å². The van der Waals surface area contributed by atoms with Crippen molar-refractivity contribution in [2.45, 2.75) is 76.3 Å². The van der Waals surface area contributed by atoms with Crippen LogP contribution in [0.3, 0.4) is 0 Å². The second-order valence-electron chi connectivity index (χ2n) is 8.16. The third kappa shape index (κ3) is 9.52. The Morgan fingerprint density at radius 1 is 1.19 bits per heavy atom. The van der Waals surface area contributed by atoms with E-state index in [4.69, 9.17) is 23.8 Å². The predicted octanol–water partition coefficient (Wildman–Crippen LogP) is 3.07. The predicted molar refractivity (Wildman–Crippen MR) is 120 cm³/mol. The maximum atomic E-state index is 11.3. The van der Waals surface area contributed by atoms with E-state index in [1.54, 1.807) is 14.0 Å². The molecule has 4 atom stereocenters. The first-order valence-electron chi connectivity index (χ1n) is 11.5. The van der Waals surface area contributed by atoms with Crippen LogP contribution in [0.4, 0.5) is 0 Å². The van der Waals surface area contributed by atoms with Gasteiger partial charge in [0.1, 0.15) is 19.0 Å². The van der Waals surface area contributed by atoms with E-state index >= 15 is 0 Å². The summed E-state index contributed by atoms with van der Waals surface area (Å²) in [6.07, 6.45) is 3.49. The van der Waals surface area contributed by atoms with Gasteiger partial charge in [-0.05, 0) is 31.7 Å². The summed E-state index contributed by atoms with van der Waals surface area (Å²) in [5.74, 6) is -0.162. The highest BCUT2D eigenvalue weighted by Gasteiger charge is 2.40. The Morgan fingerprint density at radius 2 is 1.97 bits per heavy atom. The molecule has 182 valence electrons. The second-order valence-corrected chi connectivity index (χ2v) is 8.16. The van der Waals surface area contributed by atoms with E-state index in [1.165, 1.54) is 12.7 Å². The molecule has 1 fully saturated rings. The Hall–Kier alpha value is -1.55. The molecule has 8 heteroatoms. The second kappa shape index (κ2) is 15.3. The number of methoxy groups -OCH3 is 2. The Morgan fingerprint density at radius 3 is 2.66 bits per heavy atom. The van der Waals surface area contributed by atoms with Crippen LogP contribution < -0.4 is 0 Å². The van der Waals surface area contributed by atoms with Gasteiger partial charge >= 0.3 is 5.97 Å². The summed E-state index contributed by atoms with van der Waals surface area (Å²) in [5, 5.41) is 12.3. The zero-order valence-corrected chi connectivity index (χ0v) is 19.6. The van der Waals surface area contributed by atoms with Gasteiger partial charge < -0.3 is 24.1 Å². The maximum absolute atomic E-state index is 11.3. The minimum Gasteiger partial charge on any atom is -0.469 e. The number of aliphatic hydroxyl groups is 1. The number of hydrogen-bond donors (Lipinski definition) is 1. The topological polar surface area (TPSA) is 86.7 Å². The summed E-state index contributed by atoms with van der Waals surface area (Å²) in [5.41, 5.74) is 1.17. The van der Waals surface area contributed by atoms with Crippen molar-refractivity contribution in [3.05, 3.63) is 35.9 Å². The fourth-order valence-electron chi connectivity index (χ4n) is 3.89. The first-order valence-corrected chi connectivity index (χ1v) is 11.5. The van der Waals surface area contributed by atoms with E-state index in [1.807, 2.05) is 23.3 Å². The molecule has 0 amide bonds. The normalized spacial score (nSPS) is 20.9. The van der Waals surface area contributed by atoms with E-state index in [-0.39, 0.29) is 24.9 Å². The van der Waals surface area contributed by atoms with Crippen LogP contribution in [-0.4, -0.2) is 74.7 Å².